The molecule has 0 aliphatic rings. The lowest BCUT2D eigenvalue weighted by molar-refractivity contribution is -0.137. The van der Waals surface area contributed by atoms with Gasteiger partial charge in [0, 0.05) is 12.2 Å². The third-order valence-corrected chi connectivity index (χ3v) is 4.57. The van der Waals surface area contributed by atoms with Crippen molar-refractivity contribution in [2.45, 2.75) is 51.1 Å². The van der Waals surface area contributed by atoms with E-state index in [1.54, 1.807) is 0 Å². The summed E-state index contributed by atoms with van der Waals surface area (Å²) in [5.74, 6) is -0.641. The molecule has 1 heterocycles. The Labute approximate surface area is 119 Å². The Kier molecular flexibility index (Phi) is 5.70. The van der Waals surface area contributed by atoms with Gasteiger partial charge in [0.25, 0.3) is 0 Å². The lowest BCUT2D eigenvalue weighted by atomic mass is 10.0. The Hall–Kier alpha value is -1.41. The SMILES string of the molecule is CCC(C)CC(C)NS(=O)(=O)c1cnn(CC(=O)O)c1. The minimum absolute atomic E-state index is 0.0187. The van der Waals surface area contributed by atoms with Gasteiger partial charge in [0.15, 0.2) is 0 Å². The third-order valence-electron chi connectivity index (χ3n) is 3.03. The minimum Gasteiger partial charge on any atom is -0.480 e. The number of rotatable bonds is 8. The first-order chi connectivity index (χ1) is 9.24. The summed E-state index contributed by atoms with van der Waals surface area (Å²) in [7, 11) is -3.65. The average molecular weight is 303 g/mol. The minimum atomic E-state index is -3.65. The van der Waals surface area contributed by atoms with E-state index in [0.717, 1.165) is 23.7 Å². The Morgan fingerprint density at radius 1 is 1.50 bits per heavy atom. The van der Waals surface area contributed by atoms with Gasteiger partial charge in [0.2, 0.25) is 10.0 Å². The molecular formula is C12H21N3O4S. The van der Waals surface area contributed by atoms with Crippen molar-refractivity contribution in [3.8, 4) is 0 Å². The van der Waals surface area contributed by atoms with Crippen LogP contribution in [0.25, 0.3) is 0 Å². The van der Waals surface area contributed by atoms with Gasteiger partial charge in [-0.3, -0.25) is 9.48 Å². The van der Waals surface area contributed by atoms with Gasteiger partial charge in [-0.05, 0) is 19.3 Å². The molecule has 8 heteroatoms. The monoisotopic (exact) mass is 303 g/mol. The third kappa shape index (κ3) is 4.93. The average Bonchev–Trinajstić information content (AvgIpc) is 2.76. The summed E-state index contributed by atoms with van der Waals surface area (Å²) in [4.78, 5) is 10.5. The second-order valence-electron chi connectivity index (χ2n) is 5.04. The predicted octanol–water partition coefficient (Wildman–Crippen LogP) is 1.07. The van der Waals surface area contributed by atoms with E-state index < -0.39 is 16.0 Å². The van der Waals surface area contributed by atoms with Gasteiger partial charge in [0.1, 0.15) is 11.4 Å². The molecule has 0 aliphatic carbocycles. The zero-order valence-corrected chi connectivity index (χ0v) is 12.7. The molecule has 7 nitrogen and oxygen atoms in total. The summed E-state index contributed by atoms with van der Waals surface area (Å²) >= 11 is 0. The van der Waals surface area contributed by atoms with Crippen LogP contribution >= 0.6 is 0 Å². The highest BCUT2D eigenvalue weighted by Gasteiger charge is 2.20. The van der Waals surface area contributed by atoms with Crippen molar-refractivity contribution in [1.29, 1.82) is 0 Å². The summed E-state index contributed by atoms with van der Waals surface area (Å²) in [5, 5.41) is 12.3. The van der Waals surface area contributed by atoms with Crippen LogP contribution in [0, 0.1) is 5.92 Å². The van der Waals surface area contributed by atoms with Crippen LogP contribution in [-0.4, -0.2) is 35.3 Å². The maximum Gasteiger partial charge on any atom is 0.325 e. The molecule has 0 fully saturated rings. The lowest BCUT2D eigenvalue weighted by Crippen LogP contribution is -2.33. The summed E-state index contributed by atoms with van der Waals surface area (Å²) in [6.45, 7) is 5.57. The molecule has 20 heavy (non-hydrogen) atoms. The van der Waals surface area contributed by atoms with Crippen molar-refractivity contribution < 1.29 is 18.3 Å². The van der Waals surface area contributed by atoms with Crippen LogP contribution in [0.5, 0.6) is 0 Å². The molecular weight excluding hydrogens is 282 g/mol. The van der Waals surface area contributed by atoms with Crippen molar-refractivity contribution in [2.24, 2.45) is 5.92 Å². The van der Waals surface area contributed by atoms with Crippen molar-refractivity contribution in [3.05, 3.63) is 12.4 Å². The second-order valence-corrected chi connectivity index (χ2v) is 6.75. The number of carboxylic acids is 1. The highest BCUT2D eigenvalue weighted by Crippen LogP contribution is 2.13. The molecule has 2 unspecified atom stereocenters. The van der Waals surface area contributed by atoms with Gasteiger partial charge in [0.05, 0.1) is 6.20 Å². The van der Waals surface area contributed by atoms with Crippen LogP contribution in [0.15, 0.2) is 17.3 Å². The van der Waals surface area contributed by atoms with E-state index in [-0.39, 0.29) is 17.5 Å². The van der Waals surface area contributed by atoms with Gasteiger partial charge in [-0.15, -0.1) is 0 Å². The van der Waals surface area contributed by atoms with Gasteiger partial charge in [-0.1, -0.05) is 20.3 Å². The fourth-order valence-corrected chi connectivity index (χ4v) is 3.07. The Morgan fingerprint density at radius 2 is 2.15 bits per heavy atom. The van der Waals surface area contributed by atoms with E-state index in [1.165, 1.54) is 6.20 Å². The van der Waals surface area contributed by atoms with Crippen LogP contribution in [0.4, 0.5) is 0 Å². The molecule has 1 aromatic heterocycles. The highest BCUT2D eigenvalue weighted by molar-refractivity contribution is 7.89. The number of hydrogen-bond acceptors (Lipinski definition) is 4. The molecule has 0 saturated carbocycles. The normalized spacial score (nSPS) is 14.9. The molecule has 0 aliphatic heterocycles. The number of carbonyl (C=O) groups is 1. The lowest BCUT2D eigenvalue weighted by Gasteiger charge is -2.16. The fraction of sp³-hybridized carbons (Fsp3) is 0.667. The molecule has 2 N–H and O–H groups in total. The van der Waals surface area contributed by atoms with Crippen molar-refractivity contribution >= 4 is 16.0 Å². The molecule has 2 atom stereocenters. The number of hydrogen-bond donors (Lipinski definition) is 2. The predicted molar refractivity (Wildman–Crippen MR) is 73.7 cm³/mol. The van der Waals surface area contributed by atoms with E-state index in [0.29, 0.717) is 5.92 Å². The summed E-state index contributed by atoms with van der Waals surface area (Å²) in [5.41, 5.74) is 0. The fourth-order valence-electron chi connectivity index (χ4n) is 1.86. The van der Waals surface area contributed by atoms with Crippen LogP contribution in [0.3, 0.4) is 0 Å². The van der Waals surface area contributed by atoms with Crippen LogP contribution < -0.4 is 4.72 Å². The van der Waals surface area contributed by atoms with Crippen LogP contribution in [-0.2, 0) is 21.4 Å². The topological polar surface area (TPSA) is 101 Å². The maximum absolute atomic E-state index is 12.1. The van der Waals surface area contributed by atoms with E-state index in [1.807, 2.05) is 6.92 Å². The first kappa shape index (κ1) is 16.6. The number of aromatic nitrogens is 2. The number of aliphatic carboxylic acids is 1. The van der Waals surface area contributed by atoms with Gasteiger partial charge in [-0.2, -0.15) is 5.10 Å². The molecule has 0 aromatic carbocycles. The van der Waals surface area contributed by atoms with Crippen LogP contribution in [0.2, 0.25) is 0 Å². The second kappa shape index (κ2) is 6.85. The maximum atomic E-state index is 12.1. The molecule has 1 rings (SSSR count). The smallest absolute Gasteiger partial charge is 0.325 e. The molecule has 0 amide bonds. The van der Waals surface area contributed by atoms with E-state index in [9.17, 15) is 13.2 Å². The molecule has 114 valence electrons. The molecule has 0 saturated heterocycles. The first-order valence-electron chi connectivity index (χ1n) is 6.51. The van der Waals surface area contributed by atoms with E-state index in [2.05, 4.69) is 23.7 Å². The van der Waals surface area contributed by atoms with Crippen molar-refractivity contribution in [2.75, 3.05) is 0 Å². The first-order valence-corrected chi connectivity index (χ1v) is 7.99. The number of sulfonamides is 1. The number of nitrogens with zero attached hydrogens (tertiary/aromatic N) is 2. The number of carboxylic acid groups (broad SMARTS) is 1. The zero-order chi connectivity index (χ0) is 15.3. The Balaban J connectivity index is 2.73. The Bertz CT molecular complexity index is 553. The number of nitrogens with one attached hydrogen (secondary N) is 1. The summed E-state index contributed by atoms with van der Waals surface area (Å²) < 4.78 is 27.9. The molecule has 0 spiro atoms. The highest BCUT2D eigenvalue weighted by atomic mass is 32.2. The van der Waals surface area contributed by atoms with Crippen molar-refractivity contribution in [3.63, 3.8) is 0 Å². The zero-order valence-electron chi connectivity index (χ0n) is 11.9. The van der Waals surface area contributed by atoms with E-state index >= 15 is 0 Å². The van der Waals surface area contributed by atoms with Gasteiger partial charge < -0.3 is 5.11 Å². The standard InChI is InChI=1S/C12H21N3O4S/c1-4-9(2)5-10(3)14-20(18,19)11-6-13-15(7-11)8-12(16)17/h6-7,9-10,14H,4-5,8H2,1-3H3,(H,16,17). The summed E-state index contributed by atoms with van der Waals surface area (Å²) in [6, 6.07) is -0.183. The van der Waals surface area contributed by atoms with Gasteiger partial charge >= 0.3 is 5.97 Å². The molecule has 0 radical (unpaired) electrons. The van der Waals surface area contributed by atoms with E-state index in [4.69, 9.17) is 5.11 Å². The molecule has 1 aromatic rings. The Morgan fingerprint density at radius 3 is 2.70 bits per heavy atom. The van der Waals surface area contributed by atoms with Crippen molar-refractivity contribution in [1.82, 2.24) is 14.5 Å². The van der Waals surface area contributed by atoms with Gasteiger partial charge in [-0.25, -0.2) is 13.1 Å². The summed E-state index contributed by atoms with van der Waals surface area (Å²) in [6.07, 6.45) is 4.11. The largest absolute Gasteiger partial charge is 0.480 e. The quantitative estimate of drug-likeness (QED) is 0.748. The van der Waals surface area contributed by atoms with Crippen LogP contribution in [0.1, 0.15) is 33.6 Å². The molecule has 0 bridgehead atoms.